The minimum atomic E-state index is 0.0656. The number of hydrogen-bond donors (Lipinski definition) is 0. The third-order valence-corrected chi connectivity index (χ3v) is 14.3. The molecule has 0 radical (unpaired) electrons. The molecule has 0 fully saturated rings. The van der Waals surface area contributed by atoms with E-state index in [1.807, 2.05) is 30.3 Å². The Morgan fingerprint density at radius 1 is 0.418 bits per heavy atom. The highest BCUT2D eigenvalue weighted by atomic mass is 16.3. The molecular weight excluding hydrogens is 817 g/mol. The second kappa shape index (κ2) is 15.5. The van der Waals surface area contributed by atoms with E-state index in [9.17, 15) is 5.26 Å². The monoisotopic (exact) mass is 862 g/mol. The molecule has 11 aromatic rings. The largest absolute Gasteiger partial charge is 0.455 e. The highest BCUT2D eigenvalue weighted by Crippen LogP contribution is 2.49. The first-order valence-electron chi connectivity index (χ1n) is 23.1. The highest BCUT2D eigenvalue weighted by Gasteiger charge is 2.37. The van der Waals surface area contributed by atoms with E-state index in [2.05, 4.69) is 185 Å². The lowest BCUT2D eigenvalue weighted by atomic mass is 9.63. The van der Waals surface area contributed by atoms with Crippen LogP contribution in [0.15, 0.2) is 186 Å². The highest BCUT2D eigenvalue weighted by molar-refractivity contribution is 6.13. The van der Waals surface area contributed by atoms with Crippen molar-refractivity contribution in [1.82, 2.24) is 15.0 Å². The zero-order valence-corrected chi connectivity index (χ0v) is 37.9. The minimum absolute atomic E-state index is 0.0656. The summed E-state index contributed by atoms with van der Waals surface area (Å²) in [5, 5.41) is 16.0. The number of benzene rings is 9. The van der Waals surface area contributed by atoms with E-state index in [4.69, 9.17) is 19.4 Å². The molecule has 0 saturated heterocycles. The van der Waals surface area contributed by atoms with E-state index in [1.54, 1.807) is 0 Å². The summed E-state index contributed by atoms with van der Waals surface area (Å²) in [6.45, 7) is 9.54. The smallest absolute Gasteiger partial charge is 0.164 e. The van der Waals surface area contributed by atoms with Crippen LogP contribution in [0.2, 0.25) is 0 Å². The number of nitrogens with zero attached hydrogens (tertiary/aromatic N) is 4. The van der Waals surface area contributed by atoms with Crippen LogP contribution >= 0.6 is 0 Å². The van der Waals surface area contributed by atoms with E-state index in [0.717, 1.165) is 94.4 Å². The number of para-hydroxylation sites is 1. The van der Waals surface area contributed by atoms with Gasteiger partial charge in [0.1, 0.15) is 11.2 Å². The SMILES string of the molecule is CC1(C)CCC(C)(C)c2cc(-c3cc(-c4ccc(-c5nc(-c6ccc(-c7ccc(C#N)cc7)cc6)nc(-c6ccc7ccccc7c6)n5)c5ccccc45)cc4c3oc3ccccc34)ccc21. The summed E-state index contributed by atoms with van der Waals surface area (Å²) in [6, 6.07) is 66.0. The van der Waals surface area contributed by atoms with Crippen molar-refractivity contribution in [2.45, 2.75) is 51.4 Å². The Morgan fingerprint density at radius 3 is 1.73 bits per heavy atom. The summed E-state index contributed by atoms with van der Waals surface area (Å²) >= 11 is 0. The van der Waals surface area contributed by atoms with E-state index >= 15 is 0 Å². The molecule has 0 saturated carbocycles. The molecule has 0 amide bonds. The molecule has 2 heterocycles. The number of aromatic nitrogens is 3. The van der Waals surface area contributed by atoms with Crippen LogP contribution in [0, 0.1) is 11.3 Å². The van der Waals surface area contributed by atoms with Gasteiger partial charge in [-0.25, -0.2) is 15.0 Å². The van der Waals surface area contributed by atoms with Crippen LogP contribution in [-0.4, -0.2) is 15.0 Å². The van der Waals surface area contributed by atoms with Crippen LogP contribution in [0.5, 0.6) is 0 Å². The summed E-state index contributed by atoms with van der Waals surface area (Å²) in [5.74, 6) is 1.79. The molecule has 320 valence electrons. The zero-order valence-electron chi connectivity index (χ0n) is 37.9. The number of furan rings is 1. The summed E-state index contributed by atoms with van der Waals surface area (Å²) in [4.78, 5) is 15.6. The quantitative estimate of drug-likeness (QED) is 0.166. The Hall–Kier alpha value is -8.20. The molecular formula is C62H46N4O. The van der Waals surface area contributed by atoms with Crippen LogP contribution in [0.1, 0.15) is 57.2 Å². The van der Waals surface area contributed by atoms with E-state index in [0.29, 0.717) is 23.0 Å². The fourth-order valence-corrected chi connectivity index (χ4v) is 10.3. The van der Waals surface area contributed by atoms with E-state index < -0.39 is 0 Å². The maximum atomic E-state index is 9.34. The van der Waals surface area contributed by atoms with Gasteiger partial charge in [-0.2, -0.15) is 5.26 Å². The molecule has 0 spiro atoms. The molecule has 67 heavy (non-hydrogen) atoms. The number of nitriles is 1. The van der Waals surface area contributed by atoms with Gasteiger partial charge in [-0.1, -0.05) is 167 Å². The summed E-state index contributed by atoms with van der Waals surface area (Å²) in [5.41, 5.74) is 14.8. The van der Waals surface area contributed by atoms with Crippen LogP contribution in [0.25, 0.3) is 111 Å². The van der Waals surface area contributed by atoms with Crippen molar-refractivity contribution in [3.63, 3.8) is 0 Å². The minimum Gasteiger partial charge on any atom is -0.455 e. The second-order valence-electron chi connectivity index (χ2n) is 19.4. The van der Waals surface area contributed by atoms with Gasteiger partial charge in [0.25, 0.3) is 0 Å². The van der Waals surface area contributed by atoms with Crippen LogP contribution in [-0.2, 0) is 10.8 Å². The fourth-order valence-electron chi connectivity index (χ4n) is 10.3. The maximum Gasteiger partial charge on any atom is 0.164 e. The predicted molar refractivity (Wildman–Crippen MR) is 275 cm³/mol. The third-order valence-electron chi connectivity index (χ3n) is 14.3. The summed E-state index contributed by atoms with van der Waals surface area (Å²) in [6.07, 6.45) is 2.32. The second-order valence-corrected chi connectivity index (χ2v) is 19.4. The Morgan fingerprint density at radius 2 is 0.985 bits per heavy atom. The molecule has 1 aliphatic carbocycles. The molecule has 0 unspecified atom stereocenters. The van der Waals surface area contributed by atoms with Crippen molar-refractivity contribution in [1.29, 1.82) is 5.26 Å². The summed E-state index contributed by atoms with van der Waals surface area (Å²) < 4.78 is 6.75. The van der Waals surface area contributed by atoms with Gasteiger partial charge in [0, 0.05) is 33.0 Å². The van der Waals surface area contributed by atoms with Gasteiger partial charge >= 0.3 is 0 Å². The lowest BCUT2D eigenvalue weighted by Crippen LogP contribution is -2.33. The number of rotatable bonds is 6. The Labute approximate surface area is 390 Å². The first kappa shape index (κ1) is 40.3. The first-order chi connectivity index (χ1) is 32.6. The lowest BCUT2D eigenvalue weighted by Gasteiger charge is -2.42. The van der Waals surface area contributed by atoms with Crippen LogP contribution in [0.4, 0.5) is 0 Å². The Bertz CT molecular complexity index is 3810. The standard InChI is InChI=1S/C62H46N4O/c1-61(2)31-32-62(3,4)55-36-44(27-30-54(55)61)52-34-46(35-53-50-15-9-10-16-56(50)67-57(52)53)47-28-29-51(49-14-8-7-13-48(47)49)60-65-58(42-24-21-41(22-25-42)40-19-17-38(37-63)18-20-40)64-59(66-60)45-26-23-39-11-5-6-12-43(39)33-45/h5-30,33-36H,31-32H2,1-4H3. The van der Waals surface area contributed by atoms with Gasteiger partial charge in [-0.05, 0) is 127 Å². The molecule has 9 aromatic carbocycles. The van der Waals surface area contributed by atoms with Crippen molar-refractivity contribution >= 4 is 43.5 Å². The Balaban J connectivity index is 1.03. The molecule has 1 aliphatic rings. The van der Waals surface area contributed by atoms with Crippen molar-refractivity contribution in [3.8, 4) is 73.6 Å². The van der Waals surface area contributed by atoms with Gasteiger partial charge in [0.2, 0.25) is 0 Å². The molecule has 0 aliphatic heterocycles. The van der Waals surface area contributed by atoms with Crippen LogP contribution in [0.3, 0.4) is 0 Å². The molecule has 0 atom stereocenters. The number of fused-ring (bicyclic) bond motifs is 6. The molecule has 5 heteroatoms. The fraction of sp³-hybridized carbons (Fsp3) is 0.129. The molecule has 12 rings (SSSR count). The van der Waals surface area contributed by atoms with Gasteiger partial charge in [0.05, 0.1) is 11.6 Å². The van der Waals surface area contributed by atoms with E-state index in [1.165, 1.54) is 23.1 Å². The third kappa shape index (κ3) is 6.96. The van der Waals surface area contributed by atoms with Gasteiger partial charge in [0.15, 0.2) is 17.5 Å². The van der Waals surface area contributed by atoms with Crippen LogP contribution < -0.4 is 0 Å². The van der Waals surface area contributed by atoms with Gasteiger partial charge < -0.3 is 4.42 Å². The molecule has 5 nitrogen and oxygen atoms in total. The topological polar surface area (TPSA) is 75.6 Å². The van der Waals surface area contributed by atoms with Crippen molar-refractivity contribution < 1.29 is 4.42 Å². The first-order valence-corrected chi connectivity index (χ1v) is 23.1. The Kier molecular flexibility index (Phi) is 9.31. The van der Waals surface area contributed by atoms with E-state index in [-0.39, 0.29) is 10.8 Å². The zero-order chi connectivity index (χ0) is 45.4. The van der Waals surface area contributed by atoms with Crippen molar-refractivity contribution in [2.24, 2.45) is 0 Å². The maximum absolute atomic E-state index is 9.34. The van der Waals surface area contributed by atoms with Crippen molar-refractivity contribution in [3.05, 3.63) is 199 Å². The molecule has 2 aromatic heterocycles. The normalized spacial score (nSPS) is 14.1. The average molecular weight is 863 g/mol. The van der Waals surface area contributed by atoms with Gasteiger partial charge in [-0.3, -0.25) is 0 Å². The van der Waals surface area contributed by atoms with Crippen molar-refractivity contribution in [2.75, 3.05) is 0 Å². The summed E-state index contributed by atoms with van der Waals surface area (Å²) in [7, 11) is 0. The predicted octanol–water partition coefficient (Wildman–Crippen LogP) is 16.3. The molecule has 0 bridgehead atoms. The average Bonchev–Trinajstić information content (AvgIpc) is 3.75. The molecule has 0 N–H and O–H groups in total. The van der Waals surface area contributed by atoms with Gasteiger partial charge in [-0.15, -0.1) is 0 Å². The lowest BCUT2D eigenvalue weighted by molar-refractivity contribution is 0.332. The number of hydrogen-bond acceptors (Lipinski definition) is 5.